The van der Waals surface area contributed by atoms with Crippen molar-refractivity contribution in [3.63, 3.8) is 0 Å². The highest BCUT2D eigenvalue weighted by molar-refractivity contribution is 4.85. The summed E-state index contributed by atoms with van der Waals surface area (Å²) in [5.74, 6) is 0. The van der Waals surface area contributed by atoms with Crippen LogP contribution in [0.2, 0.25) is 0 Å². The van der Waals surface area contributed by atoms with Crippen LogP contribution in [-0.4, -0.2) is 9.13 Å². The van der Waals surface area contributed by atoms with E-state index in [-0.39, 0.29) is 34.0 Å². The van der Waals surface area contributed by atoms with Gasteiger partial charge in [-0.3, -0.25) is 0 Å². The van der Waals surface area contributed by atoms with Crippen molar-refractivity contribution in [3.05, 3.63) is 49.6 Å². The minimum atomic E-state index is 0. The van der Waals surface area contributed by atoms with Crippen LogP contribution in [0.3, 0.4) is 0 Å². The molecule has 0 saturated heterocycles. The maximum atomic E-state index is 2.18. The predicted molar refractivity (Wildman–Crippen MR) is 60.4 cm³/mol. The highest BCUT2D eigenvalue weighted by Gasteiger charge is 1.97. The van der Waals surface area contributed by atoms with Gasteiger partial charge >= 0.3 is 0 Å². The fraction of sp³-hybridized carbons (Fsp3) is 0.333. The standard InChI is InChI=1S/C12H18N4.2BrH/c1-13-7-9-15(11-13)5-3-4-6-16-10-8-14(2)12-16;;/h3-4,7-12H,5-6H2,1-2H3;2*1H/q+2;;/p-2/b4-3+;;. The molecular weight excluding hydrogens is 360 g/mol. The maximum Gasteiger partial charge on any atom is 0.243 e. The first-order valence-electron chi connectivity index (χ1n) is 5.41. The summed E-state index contributed by atoms with van der Waals surface area (Å²) in [5.41, 5.74) is 0. The van der Waals surface area contributed by atoms with Gasteiger partial charge in [-0.1, -0.05) is 0 Å². The molecule has 0 aliphatic heterocycles. The number of aromatic nitrogens is 4. The van der Waals surface area contributed by atoms with Gasteiger partial charge in [0.05, 0.1) is 14.1 Å². The zero-order valence-electron chi connectivity index (χ0n) is 10.6. The normalized spacial score (nSPS) is 10.1. The second-order valence-corrected chi connectivity index (χ2v) is 4.02. The Morgan fingerprint density at radius 2 is 1.22 bits per heavy atom. The van der Waals surface area contributed by atoms with Crippen LogP contribution in [0.5, 0.6) is 0 Å². The molecule has 0 fully saturated rings. The van der Waals surface area contributed by atoms with E-state index in [9.17, 15) is 0 Å². The molecule has 2 aromatic heterocycles. The quantitative estimate of drug-likeness (QED) is 0.373. The molecule has 0 unspecified atom stereocenters. The van der Waals surface area contributed by atoms with Gasteiger partial charge < -0.3 is 34.0 Å². The molecule has 0 spiro atoms. The van der Waals surface area contributed by atoms with Gasteiger partial charge in [0.15, 0.2) is 0 Å². The van der Waals surface area contributed by atoms with Crippen molar-refractivity contribution in [2.45, 2.75) is 13.1 Å². The third-order valence-corrected chi connectivity index (χ3v) is 2.45. The molecule has 0 aromatic carbocycles. The van der Waals surface area contributed by atoms with Crippen LogP contribution in [-0.2, 0) is 27.2 Å². The highest BCUT2D eigenvalue weighted by Crippen LogP contribution is 1.89. The van der Waals surface area contributed by atoms with Crippen molar-refractivity contribution in [2.24, 2.45) is 14.1 Å². The SMILES string of the molecule is C[n+]1ccn(C/C=C/Cn2cc[n+](C)c2)c1.[Br-].[Br-]. The second-order valence-electron chi connectivity index (χ2n) is 4.02. The van der Waals surface area contributed by atoms with Crippen molar-refractivity contribution in [1.82, 2.24) is 9.13 Å². The number of nitrogens with zero attached hydrogens (tertiary/aromatic N) is 4. The van der Waals surface area contributed by atoms with Gasteiger partial charge in [-0.15, -0.1) is 0 Å². The fourth-order valence-corrected chi connectivity index (χ4v) is 1.61. The Labute approximate surface area is 129 Å². The van der Waals surface area contributed by atoms with Crippen molar-refractivity contribution in [1.29, 1.82) is 0 Å². The van der Waals surface area contributed by atoms with Gasteiger partial charge in [0.2, 0.25) is 12.7 Å². The molecule has 6 heteroatoms. The third-order valence-electron chi connectivity index (χ3n) is 2.45. The first-order valence-corrected chi connectivity index (χ1v) is 5.41. The summed E-state index contributed by atoms with van der Waals surface area (Å²) in [4.78, 5) is 0. The number of halogens is 2. The Kier molecular flexibility index (Phi) is 7.86. The smallest absolute Gasteiger partial charge is 0.243 e. The van der Waals surface area contributed by atoms with Crippen molar-refractivity contribution >= 4 is 0 Å². The Morgan fingerprint density at radius 1 is 0.833 bits per heavy atom. The summed E-state index contributed by atoms with van der Waals surface area (Å²) in [6, 6.07) is 0. The third kappa shape index (κ3) is 5.18. The van der Waals surface area contributed by atoms with Gasteiger partial charge in [0.1, 0.15) is 37.9 Å². The Morgan fingerprint density at radius 3 is 1.50 bits per heavy atom. The topological polar surface area (TPSA) is 17.6 Å². The molecule has 0 aliphatic carbocycles. The lowest BCUT2D eigenvalue weighted by Crippen LogP contribution is -3.00. The van der Waals surface area contributed by atoms with Crippen LogP contribution in [0.25, 0.3) is 0 Å². The average molecular weight is 378 g/mol. The van der Waals surface area contributed by atoms with E-state index in [1.165, 1.54) is 0 Å². The molecule has 18 heavy (non-hydrogen) atoms. The molecule has 4 nitrogen and oxygen atoms in total. The Balaban J connectivity index is 0.00000144. The van der Waals surface area contributed by atoms with Gasteiger partial charge in [-0.2, -0.15) is 0 Å². The van der Waals surface area contributed by atoms with Gasteiger partial charge in [-0.25, -0.2) is 18.3 Å². The molecule has 0 N–H and O–H groups in total. The summed E-state index contributed by atoms with van der Waals surface area (Å²) in [7, 11) is 4.06. The minimum absolute atomic E-state index is 0. The number of imidazole rings is 2. The van der Waals surface area contributed by atoms with Crippen LogP contribution < -0.4 is 43.1 Å². The summed E-state index contributed by atoms with van der Waals surface area (Å²) in [6.45, 7) is 1.85. The average Bonchev–Trinajstić information content (AvgIpc) is 2.83. The number of allylic oxidation sites excluding steroid dienone is 2. The first kappa shape index (κ1) is 17.1. The first-order chi connectivity index (χ1) is 7.74. The zero-order chi connectivity index (χ0) is 11.4. The van der Waals surface area contributed by atoms with Gasteiger partial charge in [0, 0.05) is 0 Å². The summed E-state index contributed by atoms with van der Waals surface area (Å²) in [6.07, 6.45) is 16.7. The van der Waals surface area contributed by atoms with Crippen LogP contribution in [0.1, 0.15) is 0 Å². The zero-order valence-corrected chi connectivity index (χ0v) is 13.7. The maximum absolute atomic E-state index is 2.18. The van der Waals surface area contributed by atoms with E-state index >= 15 is 0 Å². The van der Waals surface area contributed by atoms with Crippen molar-refractivity contribution in [3.8, 4) is 0 Å². The van der Waals surface area contributed by atoms with Crippen molar-refractivity contribution < 1.29 is 43.1 Å². The fourth-order valence-electron chi connectivity index (χ4n) is 1.61. The van der Waals surface area contributed by atoms with Crippen LogP contribution in [0.15, 0.2) is 49.6 Å². The van der Waals surface area contributed by atoms with Crippen LogP contribution in [0, 0.1) is 0 Å². The molecule has 0 saturated carbocycles. The molecule has 0 atom stereocenters. The lowest BCUT2D eigenvalue weighted by Gasteiger charge is -1.89. The predicted octanol–water partition coefficient (Wildman–Crippen LogP) is -5.80. The molecule has 0 radical (unpaired) electrons. The van der Waals surface area contributed by atoms with Gasteiger partial charge in [-0.05, 0) is 12.2 Å². The number of rotatable bonds is 4. The Hall–Kier alpha value is -0.880. The van der Waals surface area contributed by atoms with Gasteiger partial charge in [0.25, 0.3) is 0 Å². The second kappa shape index (κ2) is 8.26. The largest absolute Gasteiger partial charge is 1.00 e. The van der Waals surface area contributed by atoms with Crippen LogP contribution in [0.4, 0.5) is 0 Å². The number of hydrogen-bond donors (Lipinski definition) is 0. The summed E-state index contributed by atoms with van der Waals surface area (Å²) in [5, 5.41) is 0. The van der Waals surface area contributed by atoms with Crippen molar-refractivity contribution in [2.75, 3.05) is 0 Å². The molecule has 2 rings (SSSR count). The number of aryl methyl sites for hydroxylation is 2. The van der Waals surface area contributed by atoms with E-state index in [2.05, 4.69) is 46.3 Å². The van der Waals surface area contributed by atoms with Crippen LogP contribution >= 0.6 is 0 Å². The molecule has 0 aliphatic rings. The summed E-state index contributed by atoms with van der Waals surface area (Å²) < 4.78 is 8.37. The molecule has 100 valence electrons. The molecule has 2 heterocycles. The van der Waals surface area contributed by atoms with E-state index in [4.69, 9.17) is 0 Å². The highest BCUT2D eigenvalue weighted by atomic mass is 79.9. The lowest BCUT2D eigenvalue weighted by atomic mass is 10.4. The van der Waals surface area contributed by atoms with E-state index in [0.29, 0.717) is 0 Å². The summed E-state index contributed by atoms with van der Waals surface area (Å²) >= 11 is 0. The minimum Gasteiger partial charge on any atom is -1.00 e. The van der Waals surface area contributed by atoms with E-state index in [0.717, 1.165) is 13.1 Å². The van der Waals surface area contributed by atoms with E-state index in [1.807, 2.05) is 35.6 Å². The number of hydrogen-bond acceptors (Lipinski definition) is 0. The lowest BCUT2D eigenvalue weighted by molar-refractivity contribution is -0.671. The molecular formula is C12H18Br2N4. The molecule has 0 bridgehead atoms. The molecule has 2 aromatic rings. The molecule has 0 amide bonds. The van der Waals surface area contributed by atoms with E-state index in [1.54, 1.807) is 0 Å². The monoisotopic (exact) mass is 376 g/mol. The Bertz CT molecular complexity index is 443. The van der Waals surface area contributed by atoms with E-state index < -0.39 is 0 Å².